The summed E-state index contributed by atoms with van der Waals surface area (Å²) in [5.41, 5.74) is 3.70. The van der Waals surface area contributed by atoms with Crippen LogP contribution in [0, 0.1) is 0 Å². The molecular formula is C25H29N3O3S. The Morgan fingerprint density at radius 2 is 1.81 bits per heavy atom. The minimum atomic E-state index is -0.172. The second kappa shape index (κ2) is 10.7. The third kappa shape index (κ3) is 5.94. The number of hydrogen-bond donors (Lipinski definition) is 2. The summed E-state index contributed by atoms with van der Waals surface area (Å²) < 4.78 is 5.47. The smallest absolute Gasteiger partial charge is 0.271 e. The van der Waals surface area contributed by atoms with Gasteiger partial charge in [-0.3, -0.25) is 9.69 Å². The first-order valence-corrected chi connectivity index (χ1v) is 11.9. The van der Waals surface area contributed by atoms with Gasteiger partial charge in [0.05, 0.1) is 12.7 Å². The molecule has 1 amide bonds. The lowest BCUT2D eigenvalue weighted by Crippen LogP contribution is -2.35. The van der Waals surface area contributed by atoms with Gasteiger partial charge in [0.25, 0.3) is 5.91 Å². The summed E-state index contributed by atoms with van der Waals surface area (Å²) in [7, 11) is 0. The van der Waals surface area contributed by atoms with Gasteiger partial charge in [-0.15, -0.1) is 11.3 Å². The quantitative estimate of drug-likeness (QED) is 0.540. The summed E-state index contributed by atoms with van der Waals surface area (Å²) in [5, 5.41) is 15.2. The number of ether oxygens (including phenoxy) is 1. The van der Waals surface area contributed by atoms with Crippen molar-refractivity contribution in [2.45, 2.75) is 39.0 Å². The van der Waals surface area contributed by atoms with E-state index < -0.39 is 0 Å². The van der Waals surface area contributed by atoms with Crippen LogP contribution in [0.5, 0.6) is 5.75 Å². The van der Waals surface area contributed by atoms with Crippen LogP contribution in [-0.4, -0.2) is 46.7 Å². The summed E-state index contributed by atoms with van der Waals surface area (Å²) >= 11 is 1.46. The average molecular weight is 452 g/mol. The number of thiazole rings is 1. The summed E-state index contributed by atoms with van der Waals surface area (Å²) in [6, 6.07) is 16.1. The maximum absolute atomic E-state index is 12.5. The van der Waals surface area contributed by atoms with E-state index >= 15 is 0 Å². The Balaban J connectivity index is 1.28. The Morgan fingerprint density at radius 3 is 2.50 bits per heavy atom. The van der Waals surface area contributed by atoms with E-state index in [4.69, 9.17) is 4.74 Å². The van der Waals surface area contributed by atoms with E-state index in [1.807, 2.05) is 31.2 Å². The number of rotatable bonds is 8. The van der Waals surface area contributed by atoms with Crippen molar-refractivity contribution in [3.8, 4) is 16.3 Å². The lowest BCUT2D eigenvalue weighted by Gasteiger charge is -2.29. The van der Waals surface area contributed by atoms with Gasteiger partial charge in [0.2, 0.25) is 0 Å². The molecule has 32 heavy (non-hydrogen) atoms. The molecular weight excluding hydrogens is 422 g/mol. The van der Waals surface area contributed by atoms with Crippen LogP contribution in [0.4, 0.5) is 0 Å². The van der Waals surface area contributed by atoms with Crippen LogP contribution < -0.4 is 10.1 Å². The van der Waals surface area contributed by atoms with Crippen molar-refractivity contribution >= 4 is 17.2 Å². The standard InChI is InChI=1S/C25H29N3O3S/c1-2-31-22-9-7-20(8-10-22)25-27-23(17-32-25)24(30)26-15-18-3-5-19(6-4-18)16-28-13-11-21(29)12-14-28/h3-10,17,21,29H,2,11-16H2,1H3,(H,26,30). The van der Waals surface area contributed by atoms with Gasteiger partial charge in [-0.2, -0.15) is 0 Å². The highest BCUT2D eigenvalue weighted by molar-refractivity contribution is 7.13. The minimum absolute atomic E-state index is 0.146. The minimum Gasteiger partial charge on any atom is -0.494 e. The van der Waals surface area contributed by atoms with Crippen molar-refractivity contribution in [3.05, 3.63) is 70.7 Å². The van der Waals surface area contributed by atoms with Gasteiger partial charge in [-0.05, 0) is 55.2 Å². The van der Waals surface area contributed by atoms with Crippen molar-refractivity contribution < 1.29 is 14.6 Å². The van der Waals surface area contributed by atoms with Crippen molar-refractivity contribution in [2.24, 2.45) is 0 Å². The molecule has 1 aliphatic rings. The average Bonchev–Trinajstić information content (AvgIpc) is 3.31. The zero-order valence-corrected chi connectivity index (χ0v) is 19.1. The van der Waals surface area contributed by atoms with Gasteiger partial charge >= 0.3 is 0 Å². The Kier molecular flexibility index (Phi) is 7.52. The van der Waals surface area contributed by atoms with E-state index in [1.54, 1.807) is 5.38 Å². The summed E-state index contributed by atoms with van der Waals surface area (Å²) in [6.07, 6.45) is 1.55. The van der Waals surface area contributed by atoms with Crippen LogP contribution in [0.3, 0.4) is 0 Å². The van der Waals surface area contributed by atoms with Gasteiger partial charge in [0, 0.05) is 37.1 Å². The molecule has 168 valence electrons. The fourth-order valence-corrected chi connectivity index (χ4v) is 4.55. The maximum Gasteiger partial charge on any atom is 0.271 e. The Bertz CT molecular complexity index is 1010. The number of benzene rings is 2. The van der Waals surface area contributed by atoms with Gasteiger partial charge < -0.3 is 15.2 Å². The molecule has 0 radical (unpaired) electrons. The van der Waals surface area contributed by atoms with Crippen molar-refractivity contribution in [1.29, 1.82) is 0 Å². The Labute approximate surface area is 192 Å². The third-order valence-corrected chi connectivity index (χ3v) is 6.48. The second-order valence-corrected chi connectivity index (χ2v) is 8.86. The number of nitrogens with one attached hydrogen (secondary N) is 1. The highest BCUT2D eigenvalue weighted by Gasteiger charge is 2.17. The van der Waals surface area contributed by atoms with Crippen LogP contribution in [0.15, 0.2) is 53.9 Å². The first-order chi connectivity index (χ1) is 15.6. The summed E-state index contributed by atoms with van der Waals surface area (Å²) in [5.74, 6) is 0.654. The molecule has 0 saturated carbocycles. The zero-order chi connectivity index (χ0) is 22.3. The summed E-state index contributed by atoms with van der Waals surface area (Å²) in [6.45, 7) is 5.82. The van der Waals surface area contributed by atoms with Crippen molar-refractivity contribution in [1.82, 2.24) is 15.2 Å². The number of carbonyl (C=O) groups is 1. The molecule has 1 aliphatic heterocycles. The molecule has 0 atom stereocenters. The van der Waals surface area contributed by atoms with Crippen molar-refractivity contribution in [3.63, 3.8) is 0 Å². The fourth-order valence-electron chi connectivity index (χ4n) is 3.74. The molecule has 2 N–H and O–H groups in total. The lowest BCUT2D eigenvalue weighted by molar-refractivity contribution is 0.0792. The normalized spacial score (nSPS) is 14.9. The van der Waals surface area contributed by atoms with E-state index in [1.165, 1.54) is 16.9 Å². The second-order valence-electron chi connectivity index (χ2n) is 8.00. The number of likely N-dealkylation sites (tertiary alicyclic amines) is 1. The van der Waals surface area contributed by atoms with Crippen LogP contribution in [0.25, 0.3) is 10.6 Å². The van der Waals surface area contributed by atoms with Crippen LogP contribution in [-0.2, 0) is 13.1 Å². The largest absolute Gasteiger partial charge is 0.494 e. The number of piperidine rings is 1. The molecule has 1 fully saturated rings. The number of amides is 1. The number of nitrogens with zero attached hydrogens (tertiary/aromatic N) is 2. The molecule has 0 bridgehead atoms. The number of carbonyl (C=O) groups excluding carboxylic acids is 1. The predicted molar refractivity (Wildman–Crippen MR) is 127 cm³/mol. The van der Waals surface area contributed by atoms with Gasteiger partial charge in [0.1, 0.15) is 16.5 Å². The number of hydrogen-bond acceptors (Lipinski definition) is 6. The van der Waals surface area contributed by atoms with E-state index in [9.17, 15) is 9.90 Å². The van der Waals surface area contributed by atoms with Gasteiger partial charge in [-0.1, -0.05) is 24.3 Å². The zero-order valence-electron chi connectivity index (χ0n) is 18.3. The van der Waals surface area contributed by atoms with E-state index in [0.29, 0.717) is 18.8 Å². The van der Waals surface area contributed by atoms with E-state index in [0.717, 1.165) is 54.4 Å². The number of aliphatic hydroxyl groups is 1. The molecule has 2 aromatic carbocycles. The molecule has 0 unspecified atom stereocenters. The number of aliphatic hydroxyl groups excluding tert-OH is 1. The molecule has 1 saturated heterocycles. The Hall–Kier alpha value is -2.74. The Morgan fingerprint density at radius 1 is 1.12 bits per heavy atom. The van der Waals surface area contributed by atoms with Gasteiger partial charge in [-0.25, -0.2) is 4.98 Å². The number of aromatic nitrogens is 1. The first-order valence-electron chi connectivity index (χ1n) is 11.1. The highest BCUT2D eigenvalue weighted by atomic mass is 32.1. The first kappa shape index (κ1) is 22.5. The topological polar surface area (TPSA) is 74.7 Å². The van der Waals surface area contributed by atoms with Gasteiger partial charge in [0.15, 0.2) is 0 Å². The lowest BCUT2D eigenvalue weighted by atomic mass is 10.1. The SMILES string of the molecule is CCOc1ccc(-c2nc(C(=O)NCc3ccc(CN4CCC(O)CC4)cc3)cs2)cc1. The molecule has 0 spiro atoms. The fraction of sp³-hybridized carbons (Fsp3) is 0.360. The molecule has 0 aliphatic carbocycles. The molecule has 2 heterocycles. The predicted octanol–water partition coefficient (Wildman–Crippen LogP) is 4.10. The monoisotopic (exact) mass is 451 g/mol. The molecule has 3 aromatic rings. The molecule has 7 heteroatoms. The van der Waals surface area contributed by atoms with E-state index in [2.05, 4.69) is 39.5 Å². The van der Waals surface area contributed by atoms with Crippen molar-refractivity contribution in [2.75, 3.05) is 19.7 Å². The van der Waals surface area contributed by atoms with E-state index in [-0.39, 0.29) is 12.0 Å². The highest BCUT2D eigenvalue weighted by Crippen LogP contribution is 2.26. The molecule has 6 nitrogen and oxygen atoms in total. The van der Waals surface area contributed by atoms with Crippen LogP contribution >= 0.6 is 11.3 Å². The molecule has 1 aromatic heterocycles. The van der Waals surface area contributed by atoms with Crippen LogP contribution in [0.1, 0.15) is 41.4 Å². The summed E-state index contributed by atoms with van der Waals surface area (Å²) in [4.78, 5) is 19.4. The van der Waals surface area contributed by atoms with Crippen LogP contribution in [0.2, 0.25) is 0 Å². The molecule has 4 rings (SSSR count). The third-order valence-electron chi connectivity index (χ3n) is 5.59. The maximum atomic E-state index is 12.5.